The Morgan fingerprint density at radius 2 is 1.96 bits per heavy atom. The van der Waals surface area contributed by atoms with Crippen LogP contribution in [-0.4, -0.2) is 34.8 Å². The molecule has 0 aromatic heterocycles. The predicted molar refractivity (Wildman–Crippen MR) is 91.1 cm³/mol. The number of benzene rings is 1. The molecule has 0 bridgehead atoms. The number of aryl methyl sites for hydroxylation is 1. The molecule has 2 rings (SSSR count). The van der Waals surface area contributed by atoms with Crippen LogP contribution in [0.4, 0.5) is 10.5 Å². The lowest BCUT2D eigenvalue weighted by atomic mass is 9.93. The van der Waals surface area contributed by atoms with Gasteiger partial charge in [0.1, 0.15) is 12.1 Å². The van der Waals surface area contributed by atoms with Crippen molar-refractivity contribution >= 4 is 39.5 Å². The zero-order chi connectivity index (χ0) is 17.2. The SMILES string of the molecule is CCC1(CC)NC(=O)N(CC(=O)Nc2ccc(Br)cc2C)C1=O. The van der Waals surface area contributed by atoms with E-state index in [9.17, 15) is 14.4 Å². The quantitative estimate of drug-likeness (QED) is 0.769. The lowest BCUT2D eigenvalue weighted by Gasteiger charge is -2.23. The van der Waals surface area contributed by atoms with Gasteiger partial charge in [0, 0.05) is 10.2 Å². The van der Waals surface area contributed by atoms with E-state index >= 15 is 0 Å². The van der Waals surface area contributed by atoms with Crippen molar-refractivity contribution in [3.8, 4) is 0 Å². The maximum Gasteiger partial charge on any atom is 0.325 e. The van der Waals surface area contributed by atoms with Crippen LogP contribution in [0.25, 0.3) is 0 Å². The number of carbonyl (C=O) groups excluding carboxylic acids is 3. The van der Waals surface area contributed by atoms with Crippen molar-refractivity contribution in [2.24, 2.45) is 0 Å². The standard InChI is InChI=1S/C16H20BrN3O3/c1-4-16(5-2)14(22)20(15(23)19-16)9-13(21)18-12-7-6-11(17)8-10(12)3/h6-8H,4-5,9H2,1-3H3,(H,18,21)(H,19,23). The summed E-state index contributed by atoms with van der Waals surface area (Å²) < 4.78 is 0.915. The Bertz CT molecular complexity index is 656. The van der Waals surface area contributed by atoms with Gasteiger partial charge in [-0.2, -0.15) is 0 Å². The van der Waals surface area contributed by atoms with Crippen molar-refractivity contribution in [3.05, 3.63) is 28.2 Å². The van der Waals surface area contributed by atoms with E-state index < -0.39 is 17.5 Å². The number of halogens is 1. The second kappa shape index (κ2) is 6.70. The van der Waals surface area contributed by atoms with Gasteiger partial charge in [-0.1, -0.05) is 29.8 Å². The average Bonchev–Trinajstić information content (AvgIpc) is 2.75. The summed E-state index contributed by atoms with van der Waals surface area (Å²) in [5, 5.41) is 5.44. The second-order valence-electron chi connectivity index (χ2n) is 5.62. The van der Waals surface area contributed by atoms with Gasteiger partial charge in [-0.3, -0.25) is 14.5 Å². The average molecular weight is 382 g/mol. The van der Waals surface area contributed by atoms with Crippen molar-refractivity contribution in [2.75, 3.05) is 11.9 Å². The Hall–Kier alpha value is -1.89. The highest BCUT2D eigenvalue weighted by atomic mass is 79.9. The van der Waals surface area contributed by atoms with E-state index in [-0.39, 0.29) is 12.5 Å². The molecular formula is C16H20BrN3O3. The second-order valence-corrected chi connectivity index (χ2v) is 6.53. The molecule has 4 amide bonds. The molecule has 0 unspecified atom stereocenters. The zero-order valence-electron chi connectivity index (χ0n) is 13.4. The number of nitrogens with zero attached hydrogens (tertiary/aromatic N) is 1. The molecule has 0 atom stereocenters. The number of amides is 4. The van der Waals surface area contributed by atoms with Crippen LogP contribution in [0.2, 0.25) is 0 Å². The summed E-state index contributed by atoms with van der Waals surface area (Å²) in [5.74, 6) is -0.739. The first-order chi connectivity index (χ1) is 10.8. The van der Waals surface area contributed by atoms with Gasteiger partial charge >= 0.3 is 6.03 Å². The molecule has 1 fully saturated rings. The third-order valence-electron chi connectivity index (χ3n) is 4.22. The van der Waals surface area contributed by atoms with E-state index in [0.717, 1.165) is 14.9 Å². The summed E-state index contributed by atoms with van der Waals surface area (Å²) in [5.41, 5.74) is 0.661. The summed E-state index contributed by atoms with van der Waals surface area (Å²) in [6.45, 7) is 5.27. The van der Waals surface area contributed by atoms with Crippen LogP contribution in [-0.2, 0) is 9.59 Å². The molecule has 1 aliphatic heterocycles. The molecule has 0 radical (unpaired) electrons. The summed E-state index contributed by atoms with van der Waals surface area (Å²) in [7, 11) is 0. The largest absolute Gasteiger partial charge is 0.325 e. The van der Waals surface area contributed by atoms with Crippen LogP contribution in [0.3, 0.4) is 0 Å². The van der Waals surface area contributed by atoms with Crippen molar-refractivity contribution in [1.82, 2.24) is 10.2 Å². The number of rotatable bonds is 5. The van der Waals surface area contributed by atoms with Gasteiger partial charge in [-0.25, -0.2) is 4.79 Å². The van der Waals surface area contributed by atoms with Crippen LogP contribution in [0.15, 0.2) is 22.7 Å². The van der Waals surface area contributed by atoms with Crippen molar-refractivity contribution in [1.29, 1.82) is 0 Å². The molecule has 23 heavy (non-hydrogen) atoms. The normalized spacial score (nSPS) is 16.4. The number of anilines is 1. The Morgan fingerprint density at radius 3 is 2.48 bits per heavy atom. The number of urea groups is 1. The van der Waals surface area contributed by atoms with E-state index in [4.69, 9.17) is 0 Å². The molecule has 0 saturated carbocycles. The highest BCUT2D eigenvalue weighted by Gasteiger charge is 2.49. The van der Waals surface area contributed by atoms with Gasteiger partial charge in [0.05, 0.1) is 0 Å². The van der Waals surface area contributed by atoms with Crippen LogP contribution in [0, 0.1) is 6.92 Å². The summed E-state index contributed by atoms with van der Waals surface area (Å²) in [6, 6.07) is 4.95. The third-order valence-corrected chi connectivity index (χ3v) is 4.71. The van der Waals surface area contributed by atoms with Crippen molar-refractivity contribution in [2.45, 2.75) is 39.2 Å². The van der Waals surface area contributed by atoms with Gasteiger partial charge in [0.15, 0.2) is 0 Å². The first-order valence-electron chi connectivity index (χ1n) is 7.53. The van der Waals surface area contributed by atoms with E-state index in [1.807, 2.05) is 32.9 Å². The minimum absolute atomic E-state index is 0.290. The summed E-state index contributed by atoms with van der Waals surface area (Å²) >= 11 is 3.36. The summed E-state index contributed by atoms with van der Waals surface area (Å²) in [4.78, 5) is 37.7. The highest BCUT2D eigenvalue weighted by Crippen LogP contribution is 2.25. The van der Waals surface area contributed by atoms with E-state index in [0.29, 0.717) is 18.5 Å². The van der Waals surface area contributed by atoms with Crippen LogP contribution in [0.1, 0.15) is 32.3 Å². The fraction of sp³-hybridized carbons (Fsp3) is 0.438. The molecule has 1 aromatic rings. The molecule has 1 heterocycles. The maximum atomic E-state index is 12.5. The van der Waals surface area contributed by atoms with Crippen molar-refractivity contribution in [3.63, 3.8) is 0 Å². The molecule has 6 nitrogen and oxygen atoms in total. The monoisotopic (exact) mass is 381 g/mol. The topological polar surface area (TPSA) is 78.5 Å². The predicted octanol–water partition coefficient (Wildman–Crippen LogP) is 2.81. The lowest BCUT2D eigenvalue weighted by Crippen LogP contribution is -2.46. The molecule has 7 heteroatoms. The third kappa shape index (κ3) is 3.39. The fourth-order valence-corrected chi connectivity index (χ4v) is 3.13. The number of hydrogen-bond donors (Lipinski definition) is 2. The van der Waals surface area contributed by atoms with Crippen molar-refractivity contribution < 1.29 is 14.4 Å². The molecule has 1 aromatic carbocycles. The van der Waals surface area contributed by atoms with E-state index in [2.05, 4.69) is 26.6 Å². The number of nitrogens with one attached hydrogen (secondary N) is 2. The minimum atomic E-state index is -0.884. The first-order valence-corrected chi connectivity index (χ1v) is 8.32. The maximum absolute atomic E-state index is 12.5. The molecular weight excluding hydrogens is 362 g/mol. The van der Waals surface area contributed by atoms with Crippen LogP contribution < -0.4 is 10.6 Å². The first kappa shape index (κ1) is 17.5. The number of carbonyl (C=O) groups is 3. The molecule has 124 valence electrons. The van der Waals surface area contributed by atoms with Gasteiger partial charge in [0.2, 0.25) is 5.91 Å². The van der Waals surface area contributed by atoms with Gasteiger partial charge in [-0.05, 0) is 43.5 Å². The fourth-order valence-electron chi connectivity index (χ4n) is 2.65. The van der Waals surface area contributed by atoms with Crippen LogP contribution >= 0.6 is 15.9 Å². The Labute approximate surface area is 143 Å². The number of hydrogen-bond acceptors (Lipinski definition) is 3. The molecule has 1 aliphatic rings. The highest BCUT2D eigenvalue weighted by molar-refractivity contribution is 9.10. The Morgan fingerprint density at radius 1 is 1.30 bits per heavy atom. The van der Waals surface area contributed by atoms with E-state index in [1.54, 1.807) is 6.07 Å². The zero-order valence-corrected chi connectivity index (χ0v) is 15.0. The molecule has 0 aliphatic carbocycles. The van der Waals surface area contributed by atoms with Crippen LogP contribution in [0.5, 0.6) is 0 Å². The Kier molecular flexibility index (Phi) is 5.09. The number of imide groups is 1. The molecule has 0 spiro atoms. The van der Waals surface area contributed by atoms with Gasteiger partial charge in [-0.15, -0.1) is 0 Å². The lowest BCUT2D eigenvalue weighted by molar-refractivity contribution is -0.134. The van der Waals surface area contributed by atoms with Gasteiger partial charge in [0.25, 0.3) is 5.91 Å². The Balaban J connectivity index is 2.08. The summed E-state index contributed by atoms with van der Waals surface area (Å²) in [6.07, 6.45) is 0.996. The minimum Gasteiger partial charge on any atom is -0.324 e. The van der Waals surface area contributed by atoms with Gasteiger partial charge < -0.3 is 10.6 Å². The molecule has 1 saturated heterocycles. The van der Waals surface area contributed by atoms with E-state index in [1.165, 1.54) is 0 Å². The smallest absolute Gasteiger partial charge is 0.324 e. The molecule has 2 N–H and O–H groups in total.